The summed E-state index contributed by atoms with van der Waals surface area (Å²) in [6, 6.07) is 14.7. The fraction of sp³-hybridized carbons (Fsp3) is 0.263. The number of H-pyrrole nitrogens is 1. The number of nitrogens with zero attached hydrogens (tertiary/aromatic N) is 2. The van der Waals surface area contributed by atoms with Crippen molar-refractivity contribution in [1.29, 1.82) is 0 Å². The van der Waals surface area contributed by atoms with Gasteiger partial charge in [0, 0.05) is 11.6 Å². The summed E-state index contributed by atoms with van der Waals surface area (Å²) in [6.07, 6.45) is 0. The van der Waals surface area contributed by atoms with E-state index < -0.39 is 0 Å². The van der Waals surface area contributed by atoms with Gasteiger partial charge in [-0.25, -0.2) is 4.98 Å². The number of benzene rings is 2. The third-order valence-electron chi connectivity index (χ3n) is 3.97. The zero-order chi connectivity index (χ0) is 17.6. The van der Waals surface area contributed by atoms with Gasteiger partial charge in [0.1, 0.15) is 18.2 Å². The zero-order valence-electron chi connectivity index (χ0n) is 14.0. The molecule has 0 aliphatic heterocycles. The molecule has 0 bridgehead atoms. The summed E-state index contributed by atoms with van der Waals surface area (Å²) in [5.74, 6) is 1.45. The van der Waals surface area contributed by atoms with Gasteiger partial charge in [0.15, 0.2) is 0 Å². The molecule has 0 amide bonds. The van der Waals surface area contributed by atoms with E-state index in [0.717, 1.165) is 24.4 Å². The van der Waals surface area contributed by atoms with E-state index in [-0.39, 0.29) is 5.56 Å². The molecular formula is C19H20ClN3O2. The molecule has 3 aromatic rings. The van der Waals surface area contributed by atoms with Crippen LogP contribution in [0.15, 0.2) is 53.3 Å². The summed E-state index contributed by atoms with van der Waals surface area (Å²) in [4.78, 5) is 21.7. The second-order valence-corrected chi connectivity index (χ2v) is 6.14. The van der Waals surface area contributed by atoms with Crippen molar-refractivity contribution in [3.8, 4) is 5.75 Å². The normalized spacial score (nSPS) is 11.2. The third-order valence-corrected chi connectivity index (χ3v) is 4.22. The van der Waals surface area contributed by atoms with Gasteiger partial charge in [-0.3, -0.25) is 9.69 Å². The molecule has 0 saturated carbocycles. The number of ether oxygens (including phenoxy) is 1. The van der Waals surface area contributed by atoms with Crippen molar-refractivity contribution < 1.29 is 4.74 Å². The van der Waals surface area contributed by atoms with E-state index in [1.165, 1.54) is 0 Å². The first-order chi connectivity index (χ1) is 12.2. The summed E-state index contributed by atoms with van der Waals surface area (Å²) in [7, 11) is 0. The van der Waals surface area contributed by atoms with Gasteiger partial charge >= 0.3 is 0 Å². The van der Waals surface area contributed by atoms with Crippen molar-refractivity contribution in [3.05, 3.63) is 69.7 Å². The van der Waals surface area contributed by atoms with Gasteiger partial charge in [0.2, 0.25) is 0 Å². The minimum Gasteiger partial charge on any atom is -0.492 e. The van der Waals surface area contributed by atoms with Crippen molar-refractivity contribution in [2.45, 2.75) is 13.5 Å². The lowest BCUT2D eigenvalue weighted by atomic mass is 10.2. The molecule has 0 radical (unpaired) electrons. The zero-order valence-corrected chi connectivity index (χ0v) is 14.8. The van der Waals surface area contributed by atoms with Crippen LogP contribution in [0, 0.1) is 0 Å². The van der Waals surface area contributed by atoms with E-state index in [0.29, 0.717) is 29.4 Å². The molecule has 1 aromatic heterocycles. The Morgan fingerprint density at radius 1 is 1.16 bits per heavy atom. The number of para-hydroxylation sites is 1. The molecule has 0 atom stereocenters. The number of aromatic amines is 1. The first-order valence-electron chi connectivity index (χ1n) is 8.24. The minimum absolute atomic E-state index is 0.103. The largest absolute Gasteiger partial charge is 0.492 e. The first-order valence-corrected chi connectivity index (χ1v) is 8.62. The lowest BCUT2D eigenvalue weighted by Gasteiger charge is -2.20. The molecule has 3 rings (SSSR count). The van der Waals surface area contributed by atoms with E-state index in [1.54, 1.807) is 18.2 Å². The monoisotopic (exact) mass is 357 g/mol. The van der Waals surface area contributed by atoms with E-state index in [4.69, 9.17) is 16.3 Å². The second-order valence-electron chi connectivity index (χ2n) is 5.70. The van der Waals surface area contributed by atoms with Crippen LogP contribution in [0.5, 0.6) is 5.75 Å². The van der Waals surface area contributed by atoms with Crippen LogP contribution in [0.1, 0.15) is 12.7 Å². The van der Waals surface area contributed by atoms with Crippen molar-refractivity contribution >= 4 is 22.5 Å². The Kier molecular flexibility index (Phi) is 5.68. The fourth-order valence-electron chi connectivity index (χ4n) is 2.59. The quantitative estimate of drug-likeness (QED) is 0.703. The van der Waals surface area contributed by atoms with Crippen LogP contribution in [0.2, 0.25) is 5.02 Å². The Bertz CT molecular complexity index is 893. The molecule has 2 aromatic carbocycles. The van der Waals surface area contributed by atoms with Gasteiger partial charge in [0.05, 0.1) is 17.4 Å². The molecule has 130 valence electrons. The molecule has 5 nitrogen and oxygen atoms in total. The Morgan fingerprint density at radius 3 is 2.68 bits per heavy atom. The van der Waals surface area contributed by atoms with Crippen LogP contribution in [0.3, 0.4) is 0 Å². The standard InChI is InChI=1S/C19H20ClN3O2/c1-2-23(11-12-25-15-9-7-14(20)8-10-15)13-18-21-17-6-4-3-5-16(17)19(24)22-18/h3-10H,2,11-13H2,1H3,(H,21,22,24). The van der Waals surface area contributed by atoms with Crippen LogP contribution in [-0.4, -0.2) is 34.6 Å². The summed E-state index contributed by atoms with van der Waals surface area (Å²) in [5, 5.41) is 1.30. The van der Waals surface area contributed by atoms with Crippen LogP contribution in [0.25, 0.3) is 10.9 Å². The minimum atomic E-state index is -0.103. The Hall–Kier alpha value is -2.37. The van der Waals surface area contributed by atoms with Crippen LogP contribution >= 0.6 is 11.6 Å². The van der Waals surface area contributed by atoms with Gasteiger partial charge < -0.3 is 9.72 Å². The molecule has 0 unspecified atom stereocenters. The molecule has 1 N–H and O–H groups in total. The molecule has 6 heteroatoms. The second kappa shape index (κ2) is 8.14. The average molecular weight is 358 g/mol. The maximum absolute atomic E-state index is 12.1. The molecule has 0 saturated heterocycles. The first kappa shape index (κ1) is 17.5. The number of aromatic nitrogens is 2. The topological polar surface area (TPSA) is 58.2 Å². The van der Waals surface area contributed by atoms with E-state index >= 15 is 0 Å². The summed E-state index contributed by atoms with van der Waals surface area (Å²) in [5.41, 5.74) is 0.615. The number of hydrogen-bond acceptors (Lipinski definition) is 4. The fourth-order valence-corrected chi connectivity index (χ4v) is 2.72. The molecule has 0 fully saturated rings. The number of likely N-dealkylation sites (N-methyl/N-ethyl adjacent to an activating group) is 1. The van der Waals surface area contributed by atoms with Crippen LogP contribution in [0.4, 0.5) is 0 Å². The molecular weight excluding hydrogens is 338 g/mol. The van der Waals surface area contributed by atoms with Crippen molar-refractivity contribution in [2.75, 3.05) is 19.7 Å². The Balaban J connectivity index is 1.62. The van der Waals surface area contributed by atoms with Gasteiger partial charge in [-0.05, 0) is 42.9 Å². The molecule has 0 aliphatic carbocycles. The lowest BCUT2D eigenvalue weighted by Crippen LogP contribution is -2.29. The summed E-state index contributed by atoms with van der Waals surface area (Å²) >= 11 is 5.86. The van der Waals surface area contributed by atoms with Crippen LogP contribution < -0.4 is 10.3 Å². The Labute approximate surface area is 151 Å². The average Bonchev–Trinajstić information content (AvgIpc) is 2.62. The van der Waals surface area contributed by atoms with Crippen LogP contribution in [-0.2, 0) is 6.54 Å². The SMILES string of the molecule is CCN(CCOc1ccc(Cl)cc1)Cc1nc2ccccc2c(=O)[nH]1. The number of nitrogens with one attached hydrogen (secondary N) is 1. The summed E-state index contributed by atoms with van der Waals surface area (Å²) < 4.78 is 5.73. The number of fused-ring (bicyclic) bond motifs is 1. The number of halogens is 1. The molecule has 25 heavy (non-hydrogen) atoms. The van der Waals surface area contributed by atoms with E-state index in [9.17, 15) is 4.79 Å². The van der Waals surface area contributed by atoms with Gasteiger partial charge in [-0.2, -0.15) is 0 Å². The van der Waals surface area contributed by atoms with Gasteiger partial charge in [0.25, 0.3) is 5.56 Å². The smallest absolute Gasteiger partial charge is 0.258 e. The van der Waals surface area contributed by atoms with Crippen molar-refractivity contribution in [1.82, 2.24) is 14.9 Å². The lowest BCUT2D eigenvalue weighted by molar-refractivity contribution is 0.206. The predicted molar refractivity (Wildman–Crippen MR) is 100 cm³/mol. The predicted octanol–water partition coefficient (Wildman–Crippen LogP) is 3.48. The number of hydrogen-bond donors (Lipinski definition) is 1. The highest BCUT2D eigenvalue weighted by Gasteiger charge is 2.08. The highest BCUT2D eigenvalue weighted by atomic mass is 35.5. The maximum Gasteiger partial charge on any atom is 0.258 e. The third kappa shape index (κ3) is 4.59. The Morgan fingerprint density at radius 2 is 1.92 bits per heavy atom. The highest BCUT2D eigenvalue weighted by Crippen LogP contribution is 2.15. The van der Waals surface area contributed by atoms with Crippen molar-refractivity contribution in [3.63, 3.8) is 0 Å². The maximum atomic E-state index is 12.1. The van der Waals surface area contributed by atoms with Gasteiger partial charge in [-0.15, -0.1) is 0 Å². The van der Waals surface area contributed by atoms with E-state index in [2.05, 4.69) is 21.8 Å². The summed E-state index contributed by atoms with van der Waals surface area (Å²) in [6.45, 7) is 4.76. The molecule has 0 aliphatic rings. The molecule has 1 heterocycles. The van der Waals surface area contributed by atoms with Crippen molar-refractivity contribution in [2.24, 2.45) is 0 Å². The number of rotatable bonds is 7. The van der Waals surface area contributed by atoms with E-state index in [1.807, 2.05) is 30.3 Å². The molecule has 0 spiro atoms. The van der Waals surface area contributed by atoms with Gasteiger partial charge in [-0.1, -0.05) is 30.7 Å². The highest BCUT2D eigenvalue weighted by molar-refractivity contribution is 6.30.